The first-order valence-corrected chi connectivity index (χ1v) is 12.2. The zero-order valence-corrected chi connectivity index (χ0v) is 18.9. The van der Waals surface area contributed by atoms with Gasteiger partial charge in [-0.25, -0.2) is 12.8 Å². The molecule has 30 heavy (non-hydrogen) atoms. The number of methoxy groups -OCH3 is 1. The minimum absolute atomic E-state index is 0.0246. The van der Waals surface area contributed by atoms with Gasteiger partial charge in [0.25, 0.3) is 0 Å². The number of halogens is 1. The third-order valence-corrected chi connectivity index (χ3v) is 5.63. The highest BCUT2D eigenvalue weighted by Crippen LogP contribution is 2.19. The molecule has 8 nitrogen and oxygen atoms in total. The summed E-state index contributed by atoms with van der Waals surface area (Å²) < 4.78 is 46.4. The Hall–Kier alpha value is -1.91. The highest BCUT2D eigenvalue weighted by molar-refractivity contribution is 7.90. The molecule has 1 aromatic carbocycles. The molecular formula is C20H33FN4O4S. The molecule has 1 aliphatic heterocycles. The molecule has 10 heteroatoms. The molecular weight excluding hydrogens is 411 g/mol. The van der Waals surface area contributed by atoms with Crippen LogP contribution in [0.5, 0.6) is 5.75 Å². The van der Waals surface area contributed by atoms with E-state index in [1.807, 2.05) is 13.0 Å². The van der Waals surface area contributed by atoms with Crippen molar-refractivity contribution in [2.24, 2.45) is 4.99 Å². The average Bonchev–Trinajstić information content (AvgIpc) is 2.70. The molecule has 0 bridgehead atoms. The molecule has 2 rings (SSSR count). The number of hydrogen-bond acceptors (Lipinski definition) is 6. The lowest BCUT2D eigenvalue weighted by molar-refractivity contribution is 0.155. The molecule has 0 atom stereocenters. The molecule has 0 amide bonds. The number of aliphatic imine (C=N–C) groups is 1. The van der Waals surface area contributed by atoms with E-state index in [2.05, 4.69) is 20.1 Å². The minimum atomic E-state index is -3.00. The maximum Gasteiger partial charge on any atom is 0.194 e. The van der Waals surface area contributed by atoms with Crippen LogP contribution in [0.15, 0.2) is 23.2 Å². The van der Waals surface area contributed by atoms with Crippen LogP contribution >= 0.6 is 0 Å². The van der Waals surface area contributed by atoms with E-state index in [9.17, 15) is 12.8 Å². The van der Waals surface area contributed by atoms with Gasteiger partial charge in [-0.1, -0.05) is 6.07 Å². The molecule has 1 aliphatic rings. The maximum atomic E-state index is 13.9. The van der Waals surface area contributed by atoms with Crippen LogP contribution in [0.25, 0.3) is 0 Å². The summed E-state index contributed by atoms with van der Waals surface area (Å²) in [5, 5.41) is 3.29. The van der Waals surface area contributed by atoms with Crippen LogP contribution in [-0.4, -0.2) is 95.8 Å². The summed E-state index contributed by atoms with van der Waals surface area (Å²) in [6.07, 6.45) is 1.20. The molecule has 0 radical (unpaired) electrons. The molecule has 0 aromatic heterocycles. The fourth-order valence-corrected chi connectivity index (χ4v) is 3.56. The Morgan fingerprint density at radius 3 is 2.57 bits per heavy atom. The first-order valence-electron chi connectivity index (χ1n) is 10.2. The van der Waals surface area contributed by atoms with Crippen LogP contribution in [0.3, 0.4) is 0 Å². The van der Waals surface area contributed by atoms with E-state index in [1.165, 1.54) is 19.4 Å². The summed E-state index contributed by atoms with van der Waals surface area (Å²) in [5.41, 5.74) is 0.925. The van der Waals surface area contributed by atoms with E-state index in [4.69, 9.17) is 9.47 Å². The van der Waals surface area contributed by atoms with Gasteiger partial charge >= 0.3 is 0 Å². The van der Waals surface area contributed by atoms with Crippen LogP contribution in [0.2, 0.25) is 0 Å². The van der Waals surface area contributed by atoms with Crippen LogP contribution in [0, 0.1) is 5.82 Å². The van der Waals surface area contributed by atoms with Crippen molar-refractivity contribution in [3.8, 4) is 5.75 Å². The third-order valence-electron chi connectivity index (χ3n) is 4.72. The normalized spacial score (nSPS) is 16.0. The van der Waals surface area contributed by atoms with Crippen molar-refractivity contribution < 1.29 is 22.3 Å². The van der Waals surface area contributed by atoms with Crippen molar-refractivity contribution in [3.63, 3.8) is 0 Å². The van der Waals surface area contributed by atoms with E-state index >= 15 is 0 Å². The largest absolute Gasteiger partial charge is 0.494 e. The van der Waals surface area contributed by atoms with E-state index < -0.39 is 9.84 Å². The van der Waals surface area contributed by atoms with Gasteiger partial charge in [0.1, 0.15) is 9.84 Å². The van der Waals surface area contributed by atoms with Crippen LogP contribution < -0.4 is 10.1 Å². The van der Waals surface area contributed by atoms with Gasteiger partial charge in [0, 0.05) is 45.5 Å². The topological polar surface area (TPSA) is 83.5 Å². The zero-order chi connectivity index (χ0) is 22.0. The predicted molar refractivity (Wildman–Crippen MR) is 116 cm³/mol. The smallest absolute Gasteiger partial charge is 0.194 e. The Morgan fingerprint density at radius 1 is 1.23 bits per heavy atom. The monoisotopic (exact) mass is 444 g/mol. The lowest BCUT2D eigenvalue weighted by Crippen LogP contribution is -2.52. The van der Waals surface area contributed by atoms with Gasteiger partial charge in [-0.05, 0) is 24.6 Å². The standard InChI is InChI=1S/C20H33FN4O4S/c1-4-22-20(23-7-12-29-13-14-30(3,26)27)25-10-8-24(9-11-25)16-17-5-6-19(28-2)18(21)15-17/h5-6,15H,4,7-14,16H2,1-3H3,(H,22,23). The highest BCUT2D eigenvalue weighted by Gasteiger charge is 2.20. The molecule has 0 unspecified atom stereocenters. The molecule has 170 valence electrons. The van der Waals surface area contributed by atoms with Gasteiger partial charge in [-0.3, -0.25) is 9.89 Å². The minimum Gasteiger partial charge on any atom is -0.494 e. The first-order chi connectivity index (χ1) is 14.3. The van der Waals surface area contributed by atoms with E-state index in [0.717, 1.165) is 44.2 Å². The number of piperazine rings is 1. The first kappa shape index (κ1) is 24.4. The van der Waals surface area contributed by atoms with Crippen molar-refractivity contribution in [2.75, 3.05) is 71.6 Å². The molecule has 1 heterocycles. The van der Waals surface area contributed by atoms with Gasteiger partial charge in [-0.2, -0.15) is 0 Å². The summed E-state index contributed by atoms with van der Waals surface area (Å²) in [5.74, 6) is 0.778. The molecule has 0 spiro atoms. The Labute approximate surface area is 179 Å². The Bertz CT molecular complexity index is 796. The molecule has 1 saturated heterocycles. The lowest BCUT2D eigenvalue weighted by atomic mass is 10.2. The molecule has 0 saturated carbocycles. The zero-order valence-electron chi connectivity index (χ0n) is 18.1. The number of benzene rings is 1. The lowest BCUT2D eigenvalue weighted by Gasteiger charge is -2.36. The van der Waals surface area contributed by atoms with Crippen molar-refractivity contribution in [1.82, 2.24) is 15.1 Å². The summed E-state index contributed by atoms with van der Waals surface area (Å²) in [7, 11) is -1.54. The molecule has 0 aliphatic carbocycles. The Kier molecular flexibility index (Phi) is 9.80. The van der Waals surface area contributed by atoms with Gasteiger partial charge in [0.05, 0.1) is 32.6 Å². The van der Waals surface area contributed by atoms with Gasteiger partial charge < -0.3 is 19.7 Å². The number of guanidine groups is 1. The molecule has 1 fully saturated rings. The maximum absolute atomic E-state index is 13.9. The number of rotatable bonds is 10. The van der Waals surface area contributed by atoms with Crippen molar-refractivity contribution in [2.45, 2.75) is 13.5 Å². The van der Waals surface area contributed by atoms with Gasteiger partial charge in [0.15, 0.2) is 17.5 Å². The predicted octanol–water partition coefficient (Wildman–Crippen LogP) is 0.979. The van der Waals surface area contributed by atoms with Gasteiger partial charge in [-0.15, -0.1) is 0 Å². The van der Waals surface area contributed by atoms with E-state index in [-0.39, 0.29) is 23.9 Å². The van der Waals surface area contributed by atoms with Crippen LogP contribution in [0.4, 0.5) is 4.39 Å². The summed E-state index contributed by atoms with van der Waals surface area (Å²) >= 11 is 0. The second kappa shape index (κ2) is 12.1. The van der Waals surface area contributed by atoms with E-state index in [1.54, 1.807) is 6.07 Å². The number of nitrogens with zero attached hydrogens (tertiary/aromatic N) is 3. The SMILES string of the molecule is CCNC(=NCCOCCS(C)(=O)=O)N1CCN(Cc2ccc(OC)c(F)c2)CC1. The second-order valence-electron chi connectivity index (χ2n) is 7.21. The average molecular weight is 445 g/mol. The van der Waals surface area contributed by atoms with Crippen LogP contribution in [0.1, 0.15) is 12.5 Å². The molecule has 1 aromatic rings. The quantitative estimate of drug-likeness (QED) is 0.327. The number of sulfone groups is 1. The number of ether oxygens (including phenoxy) is 2. The summed E-state index contributed by atoms with van der Waals surface area (Å²) in [6, 6.07) is 5.08. The third kappa shape index (κ3) is 8.45. The second-order valence-corrected chi connectivity index (χ2v) is 9.47. The van der Waals surface area contributed by atoms with Crippen LogP contribution in [-0.2, 0) is 21.1 Å². The highest BCUT2D eigenvalue weighted by atomic mass is 32.2. The summed E-state index contributed by atoms with van der Waals surface area (Å²) in [6.45, 7) is 7.85. The molecule has 1 N–H and O–H groups in total. The van der Waals surface area contributed by atoms with Gasteiger partial charge in [0.2, 0.25) is 0 Å². The van der Waals surface area contributed by atoms with Crippen molar-refractivity contribution in [1.29, 1.82) is 0 Å². The number of hydrogen-bond donors (Lipinski definition) is 1. The van der Waals surface area contributed by atoms with Crippen molar-refractivity contribution >= 4 is 15.8 Å². The number of nitrogens with one attached hydrogen (secondary N) is 1. The summed E-state index contributed by atoms with van der Waals surface area (Å²) in [4.78, 5) is 9.07. The van der Waals surface area contributed by atoms with Crippen molar-refractivity contribution in [3.05, 3.63) is 29.6 Å². The Balaban J connectivity index is 1.79. The fourth-order valence-electron chi connectivity index (χ4n) is 3.14. The fraction of sp³-hybridized carbons (Fsp3) is 0.650. The van der Waals surface area contributed by atoms with E-state index in [0.29, 0.717) is 19.7 Å². The Morgan fingerprint density at radius 2 is 1.97 bits per heavy atom.